The third-order valence-electron chi connectivity index (χ3n) is 6.18. The average Bonchev–Trinajstić information content (AvgIpc) is 3.01. The third kappa shape index (κ3) is 2.66. The van der Waals surface area contributed by atoms with Gasteiger partial charge in [0.2, 0.25) is 0 Å². The fourth-order valence-electron chi connectivity index (χ4n) is 4.74. The van der Waals surface area contributed by atoms with Crippen LogP contribution in [0.3, 0.4) is 0 Å². The van der Waals surface area contributed by atoms with Crippen molar-refractivity contribution in [3.8, 4) is 17.1 Å². The fraction of sp³-hybridized carbons (Fsp3) is 0.320. The standard InChI is InChI=1S/C25H29N2/c1-6-25(7-2)13-12-21-10-8-9-11-22(21)24-26(14-15-27(24)25)23-19(4)16-18(3)17-20(23)5/h8-17H,6-7H2,1-5H3/q+1. The highest BCUT2D eigenvalue weighted by Gasteiger charge is 2.38. The summed E-state index contributed by atoms with van der Waals surface area (Å²) < 4.78 is 4.89. The van der Waals surface area contributed by atoms with Gasteiger partial charge in [0.05, 0.1) is 5.56 Å². The van der Waals surface area contributed by atoms with Crippen molar-refractivity contribution in [3.63, 3.8) is 0 Å². The van der Waals surface area contributed by atoms with Crippen LogP contribution in [0.4, 0.5) is 0 Å². The molecule has 0 radical (unpaired) electrons. The maximum Gasteiger partial charge on any atom is 0.295 e. The maximum atomic E-state index is 2.49. The molecule has 1 aliphatic rings. The van der Waals surface area contributed by atoms with Crippen molar-refractivity contribution in [2.45, 2.75) is 53.0 Å². The molecule has 3 aromatic rings. The minimum absolute atomic E-state index is 0.00606. The first-order chi connectivity index (χ1) is 13.0. The summed E-state index contributed by atoms with van der Waals surface area (Å²) in [6, 6.07) is 13.3. The van der Waals surface area contributed by atoms with Crippen molar-refractivity contribution in [2.24, 2.45) is 0 Å². The molecular weight excluding hydrogens is 328 g/mol. The second kappa shape index (κ2) is 6.53. The summed E-state index contributed by atoms with van der Waals surface area (Å²) in [6.45, 7) is 11.2. The lowest BCUT2D eigenvalue weighted by Gasteiger charge is -2.25. The van der Waals surface area contributed by atoms with Gasteiger partial charge in [0, 0.05) is 0 Å². The summed E-state index contributed by atoms with van der Waals surface area (Å²) in [7, 11) is 0. The minimum atomic E-state index is 0.00606. The predicted octanol–water partition coefficient (Wildman–Crippen LogP) is 5.90. The molecule has 0 saturated heterocycles. The third-order valence-corrected chi connectivity index (χ3v) is 6.18. The Kier molecular flexibility index (Phi) is 4.30. The molecular formula is C25H29N2+. The van der Waals surface area contributed by atoms with Crippen LogP contribution in [-0.4, -0.2) is 4.57 Å². The number of aryl methyl sites for hydroxylation is 3. The van der Waals surface area contributed by atoms with Gasteiger partial charge in [-0.15, -0.1) is 0 Å². The normalized spacial score (nSPS) is 14.6. The van der Waals surface area contributed by atoms with E-state index in [1.807, 2.05) is 0 Å². The smallest absolute Gasteiger partial charge is 0.221 e. The monoisotopic (exact) mass is 357 g/mol. The molecule has 1 aliphatic heterocycles. The molecule has 138 valence electrons. The fourth-order valence-corrected chi connectivity index (χ4v) is 4.74. The van der Waals surface area contributed by atoms with Crippen LogP contribution in [0.1, 0.15) is 48.9 Å². The topological polar surface area (TPSA) is 8.81 Å². The Hall–Kier alpha value is -2.61. The van der Waals surface area contributed by atoms with Gasteiger partial charge in [0.15, 0.2) is 0 Å². The molecule has 4 rings (SSSR count). The SMILES string of the molecule is CCC1(CC)C=Cc2ccccc2-c2n(-c3c(C)cc(C)cc3C)cc[n+]21. The number of hydrogen-bond acceptors (Lipinski definition) is 0. The van der Waals surface area contributed by atoms with Crippen molar-refractivity contribution in [1.29, 1.82) is 0 Å². The second-order valence-corrected chi connectivity index (χ2v) is 7.84. The van der Waals surface area contributed by atoms with Gasteiger partial charge in [0.25, 0.3) is 5.82 Å². The summed E-state index contributed by atoms with van der Waals surface area (Å²) in [4.78, 5) is 0. The van der Waals surface area contributed by atoms with Gasteiger partial charge in [-0.25, -0.2) is 4.57 Å². The molecule has 0 unspecified atom stereocenters. The van der Waals surface area contributed by atoms with Gasteiger partial charge in [-0.3, -0.25) is 0 Å². The Morgan fingerprint density at radius 2 is 1.63 bits per heavy atom. The number of nitrogens with zero attached hydrogens (tertiary/aromatic N) is 2. The molecule has 2 heteroatoms. The number of imidazole rings is 1. The summed E-state index contributed by atoms with van der Waals surface area (Å²) in [6.07, 6.45) is 11.4. The number of fused-ring (bicyclic) bond motifs is 3. The van der Waals surface area contributed by atoms with Crippen molar-refractivity contribution >= 4 is 6.08 Å². The summed E-state index contributed by atoms with van der Waals surface area (Å²) >= 11 is 0. The summed E-state index contributed by atoms with van der Waals surface area (Å²) in [5.74, 6) is 1.27. The van der Waals surface area contributed by atoms with Crippen LogP contribution in [0.2, 0.25) is 0 Å². The molecule has 2 heterocycles. The zero-order valence-corrected chi connectivity index (χ0v) is 17.1. The number of benzene rings is 2. The predicted molar refractivity (Wildman–Crippen MR) is 113 cm³/mol. The first kappa shape index (κ1) is 17.8. The number of rotatable bonds is 3. The number of hydrogen-bond donors (Lipinski definition) is 0. The highest BCUT2D eigenvalue weighted by Crippen LogP contribution is 2.35. The van der Waals surface area contributed by atoms with E-state index in [1.54, 1.807) is 0 Å². The zero-order valence-electron chi connectivity index (χ0n) is 17.1. The van der Waals surface area contributed by atoms with E-state index in [0.29, 0.717) is 0 Å². The molecule has 0 N–H and O–H groups in total. The van der Waals surface area contributed by atoms with Gasteiger partial charge >= 0.3 is 0 Å². The average molecular weight is 358 g/mol. The van der Waals surface area contributed by atoms with Crippen LogP contribution < -0.4 is 4.57 Å². The van der Waals surface area contributed by atoms with E-state index in [-0.39, 0.29) is 5.54 Å². The molecule has 0 saturated carbocycles. The first-order valence-electron chi connectivity index (χ1n) is 10.0. The van der Waals surface area contributed by atoms with E-state index in [9.17, 15) is 0 Å². The molecule has 0 bridgehead atoms. The van der Waals surface area contributed by atoms with E-state index < -0.39 is 0 Å². The summed E-state index contributed by atoms with van der Waals surface area (Å²) in [5, 5.41) is 0. The van der Waals surface area contributed by atoms with E-state index in [4.69, 9.17) is 0 Å². The van der Waals surface area contributed by atoms with Crippen LogP contribution in [0, 0.1) is 20.8 Å². The number of aromatic nitrogens is 2. The van der Waals surface area contributed by atoms with E-state index in [2.05, 4.69) is 105 Å². The van der Waals surface area contributed by atoms with Crippen LogP contribution in [0.15, 0.2) is 54.9 Å². The van der Waals surface area contributed by atoms with Crippen LogP contribution >= 0.6 is 0 Å². The Balaban J connectivity index is 2.09. The van der Waals surface area contributed by atoms with E-state index >= 15 is 0 Å². The zero-order chi connectivity index (χ0) is 19.2. The molecule has 2 aromatic carbocycles. The molecule has 0 aliphatic carbocycles. The van der Waals surface area contributed by atoms with Crippen LogP contribution in [-0.2, 0) is 5.54 Å². The van der Waals surface area contributed by atoms with Gasteiger partial charge in [-0.05, 0) is 62.4 Å². The molecule has 1 aromatic heterocycles. The van der Waals surface area contributed by atoms with Gasteiger partial charge < -0.3 is 0 Å². The van der Waals surface area contributed by atoms with Gasteiger partial charge in [-0.2, -0.15) is 4.57 Å². The quantitative estimate of drug-likeness (QED) is 0.516. The van der Waals surface area contributed by atoms with Crippen LogP contribution in [0.5, 0.6) is 0 Å². The second-order valence-electron chi connectivity index (χ2n) is 7.84. The van der Waals surface area contributed by atoms with E-state index in [0.717, 1.165) is 12.8 Å². The summed E-state index contributed by atoms with van der Waals surface area (Å²) in [5.41, 5.74) is 7.84. The molecule has 0 fully saturated rings. The highest BCUT2D eigenvalue weighted by molar-refractivity contribution is 5.72. The Morgan fingerprint density at radius 3 is 2.30 bits per heavy atom. The van der Waals surface area contributed by atoms with Crippen molar-refractivity contribution in [3.05, 3.63) is 77.1 Å². The lowest BCUT2D eigenvalue weighted by Crippen LogP contribution is -2.54. The molecule has 0 atom stereocenters. The maximum absolute atomic E-state index is 2.49. The Morgan fingerprint density at radius 1 is 0.963 bits per heavy atom. The van der Waals surface area contributed by atoms with Crippen molar-refractivity contribution < 1.29 is 4.57 Å². The van der Waals surface area contributed by atoms with Crippen molar-refractivity contribution in [2.75, 3.05) is 0 Å². The Bertz CT molecular complexity index is 1010. The molecule has 0 amide bonds. The highest BCUT2D eigenvalue weighted by atomic mass is 15.2. The van der Waals surface area contributed by atoms with E-state index in [1.165, 1.54) is 39.3 Å². The Labute approximate surface area is 162 Å². The number of allylic oxidation sites excluding steroid dienone is 1. The largest absolute Gasteiger partial charge is 0.295 e. The van der Waals surface area contributed by atoms with Gasteiger partial charge in [-0.1, -0.05) is 55.8 Å². The minimum Gasteiger partial charge on any atom is -0.221 e. The molecule has 27 heavy (non-hydrogen) atoms. The van der Waals surface area contributed by atoms with Crippen LogP contribution in [0.25, 0.3) is 23.2 Å². The molecule has 0 spiro atoms. The molecule has 2 nitrogen and oxygen atoms in total. The lowest BCUT2D eigenvalue weighted by molar-refractivity contribution is -0.742. The van der Waals surface area contributed by atoms with Crippen molar-refractivity contribution in [1.82, 2.24) is 4.57 Å². The first-order valence-corrected chi connectivity index (χ1v) is 10.0. The lowest BCUT2D eigenvalue weighted by atomic mass is 9.92. The van der Waals surface area contributed by atoms with Gasteiger partial charge in [0.1, 0.15) is 23.6 Å².